The van der Waals surface area contributed by atoms with Crippen LogP contribution in [0.5, 0.6) is 17.2 Å². The van der Waals surface area contributed by atoms with Gasteiger partial charge in [0.1, 0.15) is 23.9 Å². The van der Waals surface area contributed by atoms with E-state index in [4.69, 9.17) is 15.2 Å². The van der Waals surface area contributed by atoms with Crippen LogP contribution in [-0.2, 0) is 6.61 Å². The van der Waals surface area contributed by atoms with E-state index < -0.39 is 0 Å². The van der Waals surface area contributed by atoms with Crippen LogP contribution >= 0.6 is 0 Å². The maximum atomic E-state index is 6.35. The molecule has 3 heteroatoms. The van der Waals surface area contributed by atoms with Crippen molar-refractivity contribution in [3.05, 3.63) is 89.5 Å². The zero-order chi connectivity index (χ0) is 15.6. The van der Waals surface area contributed by atoms with Gasteiger partial charge in [0.2, 0.25) is 0 Å². The molecule has 1 unspecified atom stereocenters. The summed E-state index contributed by atoms with van der Waals surface area (Å²) >= 11 is 0. The van der Waals surface area contributed by atoms with Gasteiger partial charge in [-0.2, -0.15) is 0 Å². The van der Waals surface area contributed by atoms with Crippen molar-refractivity contribution in [1.82, 2.24) is 0 Å². The summed E-state index contributed by atoms with van der Waals surface area (Å²) in [5.74, 6) is 2.36. The number of rotatable bonds is 3. The fourth-order valence-corrected chi connectivity index (χ4v) is 2.81. The van der Waals surface area contributed by atoms with Gasteiger partial charge < -0.3 is 15.2 Å². The molecule has 0 aliphatic carbocycles. The predicted octanol–water partition coefficient (Wildman–Crippen LogP) is 4.42. The number of para-hydroxylation sites is 1. The van der Waals surface area contributed by atoms with E-state index in [0.29, 0.717) is 6.61 Å². The normalized spacial score (nSPS) is 15.3. The molecule has 1 aliphatic heterocycles. The largest absolute Gasteiger partial charge is 0.489 e. The van der Waals surface area contributed by atoms with Crippen LogP contribution in [0.2, 0.25) is 0 Å². The highest BCUT2D eigenvalue weighted by molar-refractivity contribution is 5.54. The van der Waals surface area contributed by atoms with Crippen LogP contribution in [0.4, 0.5) is 0 Å². The maximum Gasteiger partial charge on any atom is 0.136 e. The van der Waals surface area contributed by atoms with E-state index in [1.165, 1.54) is 0 Å². The Labute approximate surface area is 135 Å². The zero-order valence-electron chi connectivity index (χ0n) is 12.6. The van der Waals surface area contributed by atoms with Gasteiger partial charge in [-0.15, -0.1) is 0 Å². The monoisotopic (exact) mass is 303 g/mol. The quantitative estimate of drug-likeness (QED) is 0.779. The first kappa shape index (κ1) is 13.9. The summed E-state index contributed by atoms with van der Waals surface area (Å²) in [6, 6.07) is 23.6. The minimum absolute atomic E-state index is 0.168. The first-order valence-electron chi connectivity index (χ1n) is 7.64. The van der Waals surface area contributed by atoms with Crippen molar-refractivity contribution in [2.24, 2.45) is 5.73 Å². The van der Waals surface area contributed by atoms with Gasteiger partial charge in [0.25, 0.3) is 0 Å². The van der Waals surface area contributed by atoms with Crippen molar-refractivity contribution < 1.29 is 9.47 Å². The molecule has 0 saturated heterocycles. The molecule has 0 saturated carbocycles. The molecule has 3 aromatic rings. The van der Waals surface area contributed by atoms with Gasteiger partial charge in [-0.25, -0.2) is 0 Å². The molecule has 1 atom stereocenters. The summed E-state index contributed by atoms with van der Waals surface area (Å²) in [4.78, 5) is 0. The Morgan fingerprint density at radius 2 is 1.57 bits per heavy atom. The van der Waals surface area contributed by atoms with E-state index in [0.717, 1.165) is 33.9 Å². The summed E-state index contributed by atoms with van der Waals surface area (Å²) in [5, 5.41) is 0. The molecule has 4 rings (SSSR count). The molecule has 2 N–H and O–H groups in total. The Morgan fingerprint density at radius 3 is 2.43 bits per heavy atom. The Bertz CT molecular complexity index is 830. The summed E-state index contributed by atoms with van der Waals surface area (Å²) in [5.41, 5.74) is 9.48. The van der Waals surface area contributed by atoms with Crippen LogP contribution in [0, 0.1) is 0 Å². The Morgan fingerprint density at radius 1 is 0.826 bits per heavy atom. The van der Waals surface area contributed by atoms with E-state index >= 15 is 0 Å². The second-order valence-corrected chi connectivity index (χ2v) is 5.59. The second kappa shape index (κ2) is 5.78. The molecule has 1 heterocycles. The van der Waals surface area contributed by atoms with Crippen LogP contribution in [0.1, 0.15) is 22.7 Å². The van der Waals surface area contributed by atoms with Gasteiger partial charge in [0, 0.05) is 17.2 Å². The van der Waals surface area contributed by atoms with Crippen molar-refractivity contribution >= 4 is 0 Å². The van der Waals surface area contributed by atoms with Crippen LogP contribution in [-0.4, -0.2) is 0 Å². The fourth-order valence-electron chi connectivity index (χ4n) is 2.81. The predicted molar refractivity (Wildman–Crippen MR) is 89.8 cm³/mol. The molecule has 0 radical (unpaired) electrons. The van der Waals surface area contributed by atoms with Crippen LogP contribution in [0.15, 0.2) is 72.8 Å². The first-order chi connectivity index (χ1) is 11.3. The Hall–Kier alpha value is -2.78. The number of hydrogen-bond acceptors (Lipinski definition) is 3. The Balaban J connectivity index is 1.58. The topological polar surface area (TPSA) is 44.5 Å². The van der Waals surface area contributed by atoms with Gasteiger partial charge in [-0.1, -0.05) is 48.5 Å². The highest BCUT2D eigenvalue weighted by Gasteiger charge is 2.24. The molecule has 0 bridgehead atoms. The fraction of sp³-hybridized carbons (Fsp3) is 0.100. The lowest BCUT2D eigenvalue weighted by Gasteiger charge is -2.25. The minimum atomic E-state index is -0.168. The SMILES string of the molecule is NC1c2ccccc2Oc2cc(OCc3ccccc3)ccc21. The zero-order valence-corrected chi connectivity index (χ0v) is 12.6. The molecule has 0 spiro atoms. The van der Waals surface area contributed by atoms with Crippen molar-refractivity contribution in [2.75, 3.05) is 0 Å². The van der Waals surface area contributed by atoms with Crippen LogP contribution < -0.4 is 15.2 Å². The number of benzene rings is 3. The molecule has 23 heavy (non-hydrogen) atoms. The van der Waals surface area contributed by atoms with Gasteiger partial charge in [0.15, 0.2) is 0 Å². The molecule has 1 aliphatic rings. The van der Waals surface area contributed by atoms with Crippen molar-refractivity contribution in [2.45, 2.75) is 12.6 Å². The van der Waals surface area contributed by atoms with E-state index in [1.807, 2.05) is 72.8 Å². The number of ether oxygens (including phenoxy) is 2. The van der Waals surface area contributed by atoms with E-state index in [-0.39, 0.29) is 6.04 Å². The third-order valence-corrected chi connectivity index (χ3v) is 4.04. The first-order valence-corrected chi connectivity index (χ1v) is 7.64. The number of fused-ring (bicyclic) bond motifs is 2. The lowest BCUT2D eigenvalue weighted by molar-refractivity contribution is 0.304. The summed E-state index contributed by atoms with van der Waals surface area (Å²) in [6.45, 7) is 0.530. The van der Waals surface area contributed by atoms with E-state index in [9.17, 15) is 0 Å². The van der Waals surface area contributed by atoms with E-state index in [1.54, 1.807) is 0 Å². The average Bonchev–Trinajstić information content (AvgIpc) is 2.61. The molecule has 3 aromatic carbocycles. The average molecular weight is 303 g/mol. The van der Waals surface area contributed by atoms with Gasteiger partial charge in [-0.05, 0) is 23.8 Å². The highest BCUT2D eigenvalue weighted by Crippen LogP contribution is 2.42. The van der Waals surface area contributed by atoms with Gasteiger partial charge >= 0.3 is 0 Å². The van der Waals surface area contributed by atoms with Gasteiger partial charge in [0.05, 0.1) is 6.04 Å². The molecular formula is C20H17NO2. The lowest BCUT2D eigenvalue weighted by Crippen LogP contribution is -2.17. The molecule has 3 nitrogen and oxygen atoms in total. The summed E-state index contributed by atoms with van der Waals surface area (Å²) in [6.07, 6.45) is 0. The standard InChI is InChI=1S/C20H17NO2/c21-20-16-8-4-5-9-18(16)23-19-12-15(10-11-17(19)20)22-13-14-6-2-1-3-7-14/h1-12,20H,13,21H2. The third-order valence-electron chi connectivity index (χ3n) is 4.04. The summed E-state index contributed by atoms with van der Waals surface area (Å²) in [7, 11) is 0. The van der Waals surface area contributed by atoms with Crippen LogP contribution in [0.3, 0.4) is 0 Å². The van der Waals surface area contributed by atoms with E-state index in [2.05, 4.69) is 0 Å². The lowest BCUT2D eigenvalue weighted by atomic mass is 9.95. The van der Waals surface area contributed by atoms with Gasteiger partial charge in [-0.3, -0.25) is 0 Å². The van der Waals surface area contributed by atoms with Crippen molar-refractivity contribution in [1.29, 1.82) is 0 Å². The summed E-state index contributed by atoms with van der Waals surface area (Å²) < 4.78 is 11.8. The van der Waals surface area contributed by atoms with Crippen molar-refractivity contribution in [3.8, 4) is 17.2 Å². The maximum absolute atomic E-state index is 6.35. The number of hydrogen-bond donors (Lipinski definition) is 1. The molecule has 0 fully saturated rings. The van der Waals surface area contributed by atoms with Crippen LogP contribution in [0.25, 0.3) is 0 Å². The third kappa shape index (κ3) is 2.67. The molecule has 0 aromatic heterocycles. The van der Waals surface area contributed by atoms with Crippen molar-refractivity contribution in [3.63, 3.8) is 0 Å². The molecular weight excluding hydrogens is 286 g/mol. The number of nitrogens with two attached hydrogens (primary N) is 1. The smallest absolute Gasteiger partial charge is 0.136 e. The second-order valence-electron chi connectivity index (χ2n) is 5.59. The minimum Gasteiger partial charge on any atom is -0.489 e. The molecule has 0 amide bonds. The Kier molecular flexibility index (Phi) is 3.48. The highest BCUT2D eigenvalue weighted by atomic mass is 16.5. The molecule has 114 valence electrons.